The van der Waals surface area contributed by atoms with Crippen LogP contribution >= 0.6 is 0 Å². The van der Waals surface area contributed by atoms with Crippen LogP contribution in [0.5, 0.6) is 5.75 Å². The van der Waals surface area contributed by atoms with Crippen LogP contribution in [0.1, 0.15) is 22.3 Å². The molecule has 4 nitrogen and oxygen atoms in total. The summed E-state index contributed by atoms with van der Waals surface area (Å²) in [6, 6.07) is 8.55. The molecule has 3 rings (SSSR count). The zero-order valence-corrected chi connectivity index (χ0v) is 14.2. The van der Waals surface area contributed by atoms with Crippen molar-refractivity contribution < 1.29 is 32.2 Å². The lowest BCUT2D eigenvalue weighted by Gasteiger charge is -2.20. The topological polar surface area (TPSA) is 49.8 Å². The van der Waals surface area contributed by atoms with E-state index in [0.717, 1.165) is 12.1 Å². The molecule has 1 unspecified atom stereocenters. The summed E-state index contributed by atoms with van der Waals surface area (Å²) in [5.41, 5.74) is -0.682. The normalized spacial score (nSPS) is 17.2. The number of aromatic carboxylic acids is 1. The fourth-order valence-corrected chi connectivity index (χ4v) is 3.11. The lowest BCUT2D eigenvalue weighted by Crippen LogP contribution is -2.23. The predicted molar refractivity (Wildman–Crippen MR) is 90.6 cm³/mol. The highest BCUT2D eigenvalue weighted by atomic mass is 19.4. The van der Waals surface area contributed by atoms with E-state index in [2.05, 4.69) is 0 Å². The highest BCUT2D eigenvalue weighted by Crippen LogP contribution is 2.36. The molecule has 0 spiro atoms. The molecule has 8 heteroatoms. The Kier molecular flexibility index (Phi) is 5.25. The molecular formula is C19H17F4NO3. The number of alkyl halides is 3. The molecule has 1 saturated heterocycles. The van der Waals surface area contributed by atoms with Crippen molar-refractivity contribution in [1.29, 1.82) is 0 Å². The molecule has 0 amide bonds. The van der Waals surface area contributed by atoms with Gasteiger partial charge in [-0.15, -0.1) is 0 Å². The Bertz CT molecular complexity index is 838. The summed E-state index contributed by atoms with van der Waals surface area (Å²) in [6.45, 7) is 0.896. The lowest BCUT2D eigenvalue weighted by molar-refractivity contribution is -0.139. The number of benzene rings is 2. The van der Waals surface area contributed by atoms with Gasteiger partial charge < -0.3 is 14.7 Å². The van der Waals surface area contributed by atoms with E-state index in [4.69, 9.17) is 9.84 Å². The highest BCUT2D eigenvalue weighted by molar-refractivity contribution is 5.88. The second-order valence-corrected chi connectivity index (χ2v) is 6.38. The Morgan fingerprint density at radius 1 is 1.22 bits per heavy atom. The lowest BCUT2D eigenvalue weighted by atomic mass is 10.1. The summed E-state index contributed by atoms with van der Waals surface area (Å²) in [4.78, 5) is 12.7. The number of hydrogen-bond donors (Lipinski definition) is 1. The molecule has 0 radical (unpaired) electrons. The van der Waals surface area contributed by atoms with Crippen LogP contribution in [0.2, 0.25) is 0 Å². The van der Waals surface area contributed by atoms with Crippen LogP contribution in [0, 0.1) is 11.7 Å². The van der Waals surface area contributed by atoms with E-state index in [1.807, 2.05) is 0 Å². The minimum atomic E-state index is -4.50. The Hall–Kier alpha value is -2.77. The van der Waals surface area contributed by atoms with E-state index in [-0.39, 0.29) is 29.5 Å². The molecule has 1 N–H and O–H groups in total. The van der Waals surface area contributed by atoms with Crippen LogP contribution in [-0.2, 0) is 6.18 Å². The first-order valence-corrected chi connectivity index (χ1v) is 8.32. The number of hydrogen-bond acceptors (Lipinski definition) is 3. The van der Waals surface area contributed by atoms with Gasteiger partial charge in [-0.25, -0.2) is 9.18 Å². The number of anilines is 1. The molecule has 1 aliphatic rings. The number of carbonyl (C=O) groups is 1. The van der Waals surface area contributed by atoms with Crippen LogP contribution in [0.3, 0.4) is 0 Å². The van der Waals surface area contributed by atoms with Gasteiger partial charge in [-0.2, -0.15) is 13.2 Å². The molecule has 0 saturated carbocycles. The third-order valence-corrected chi connectivity index (χ3v) is 4.49. The van der Waals surface area contributed by atoms with Crippen molar-refractivity contribution in [2.75, 3.05) is 24.6 Å². The van der Waals surface area contributed by atoms with Gasteiger partial charge in [0.15, 0.2) is 0 Å². The Labute approximate surface area is 153 Å². The van der Waals surface area contributed by atoms with E-state index in [0.29, 0.717) is 19.5 Å². The SMILES string of the molecule is O=C(O)c1ccc(F)c(N2CCC(COc3ccccc3C(F)(F)F)C2)c1. The van der Waals surface area contributed by atoms with Gasteiger partial charge in [0, 0.05) is 19.0 Å². The molecular weight excluding hydrogens is 366 g/mol. The zero-order valence-electron chi connectivity index (χ0n) is 14.2. The third-order valence-electron chi connectivity index (χ3n) is 4.49. The quantitative estimate of drug-likeness (QED) is 0.776. The molecule has 27 heavy (non-hydrogen) atoms. The standard InChI is InChI=1S/C19H17F4NO3/c20-15-6-5-13(18(25)26)9-16(15)24-8-7-12(10-24)11-27-17-4-2-1-3-14(17)19(21,22)23/h1-6,9,12H,7-8,10-11H2,(H,25,26). The number of nitrogens with zero attached hydrogens (tertiary/aromatic N) is 1. The smallest absolute Gasteiger partial charge is 0.419 e. The summed E-state index contributed by atoms with van der Waals surface area (Å²) >= 11 is 0. The maximum Gasteiger partial charge on any atom is 0.419 e. The number of para-hydroxylation sites is 1. The van der Waals surface area contributed by atoms with Crippen molar-refractivity contribution in [3.8, 4) is 5.75 Å². The van der Waals surface area contributed by atoms with Crippen LogP contribution in [0.4, 0.5) is 23.2 Å². The molecule has 2 aromatic carbocycles. The van der Waals surface area contributed by atoms with Gasteiger partial charge in [-0.1, -0.05) is 12.1 Å². The summed E-state index contributed by atoms with van der Waals surface area (Å²) in [5.74, 6) is -2.02. The molecule has 0 aliphatic carbocycles. The summed E-state index contributed by atoms with van der Waals surface area (Å²) in [5, 5.41) is 9.04. The van der Waals surface area contributed by atoms with E-state index in [1.54, 1.807) is 4.90 Å². The van der Waals surface area contributed by atoms with Crippen molar-refractivity contribution in [2.24, 2.45) is 5.92 Å². The van der Waals surface area contributed by atoms with E-state index in [9.17, 15) is 22.4 Å². The van der Waals surface area contributed by atoms with Gasteiger partial charge >= 0.3 is 12.1 Å². The Balaban J connectivity index is 1.67. The number of rotatable bonds is 5. The number of ether oxygens (including phenoxy) is 1. The van der Waals surface area contributed by atoms with Gasteiger partial charge in [0.25, 0.3) is 0 Å². The van der Waals surface area contributed by atoms with Crippen molar-refractivity contribution in [3.63, 3.8) is 0 Å². The maximum absolute atomic E-state index is 14.1. The minimum Gasteiger partial charge on any atom is -0.493 e. The fourth-order valence-electron chi connectivity index (χ4n) is 3.11. The average Bonchev–Trinajstić information content (AvgIpc) is 3.08. The van der Waals surface area contributed by atoms with Crippen LogP contribution in [-0.4, -0.2) is 30.8 Å². The van der Waals surface area contributed by atoms with Gasteiger partial charge in [-0.05, 0) is 36.8 Å². The van der Waals surface area contributed by atoms with Crippen molar-refractivity contribution in [3.05, 3.63) is 59.4 Å². The third kappa shape index (κ3) is 4.32. The molecule has 2 aromatic rings. The Morgan fingerprint density at radius 3 is 2.67 bits per heavy atom. The molecule has 1 fully saturated rings. The van der Waals surface area contributed by atoms with E-state index < -0.39 is 23.5 Å². The average molecular weight is 383 g/mol. The van der Waals surface area contributed by atoms with Gasteiger partial charge in [0.05, 0.1) is 23.4 Å². The molecule has 0 aromatic heterocycles. The van der Waals surface area contributed by atoms with Crippen LogP contribution in [0.15, 0.2) is 42.5 Å². The van der Waals surface area contributed by atoms with Crippen molar-refractivity contribution in [1.82, 2.24) is 0 Å². The van der Waals surface area contributed by atoms with E-state index in [1.165, 1.54) is 30.3 Å². The fraction of sp³-hybridized carbons (Fsp3) is 0.316. The summed E-state index contributed by atoms with van der Waals surface area (Å²) in [7, 11) is 0. The van der Waals surface area contributed by atoms with Gasteiger partial charge in [-0.3, -0.25) is 0 Å². The molecule has 1 aliphatic heterocycles. The second kappa shape index (κ2) is 7.46. The first-order valence-electron chi connectivity index (χ1n) is 8.32. The first-order chi connectivity index (χ1) is 12.8. The largest absolute Gasteiger partial charge is 0.493 e. The van der Waals surface area contributed by atoms with E-state index >= 15 is 0 Å². The maximum atomic E-state index is 14.1. The van der Waals surface area contributed by atoms with Gasteiger partial charge in [0.2, 0.25) is 0 Å². The number of carboxylic acids is 1. The predicted octanol–water partition coefficient (Wildman–Crippen LogP) is 4.45. The van der Waals surface area contributed by atoms with Crippen LogP contribution in [0.25, 0.3) is 0 Å². The summed E-state index contributed by atoms with van der Waals surface area (Å²) < 4.78 is 58.5. The zero-order chi connectivity index (χ0) is 19.6. The molecule has 1 atom stereocenters. The number of halogens is 4. The van der Waals surface area contributed by atoms with Crippen LogP contribution < -0.4 is 9.64 Å². The highest BCUT2D eigenvalue weighted by Gasteiger charge is 2.34. The van der Waals surface area contributed by atoms with Gasteiger partial charge in [0.1, 0.15) is 11.6 Å². The van der Waals surface area contributed by atoms with Crippen molar-refractivity contribution >= 4 is 11.7 Å². The van der Waals surface area contributed by atoms with Crippen molar-refractivity contribution in [2.45, 2.75) is 12.6 Å². The molecule has 1 heterocycles. The second-order valence-electron chi connectivity index (χ2n) is 6.38. The monoisotopic (exact) mass is 383 g/mol. The summed E-state index contributed by atoms with van der Waals surface area (Å²) in [6.07, 6.45) is -3.90. The first kappa shape index (κ1) is 19.0. The minimum absolute atomic E-state index is 0.0230. The Morgan fingerprint density at radius 2 is 1.96 bits per heavy atom. The molecule has 144 valence electrons. The molecule has 0 bridgehead atoms. The number of carboxylic acid groups (broad SMARTS) is 1.